The van der Waals surface area contributed by atoms with E-state index < -0.39 is 18.0 Å². The van der Waals surface area contributed by atoms with Crippen molar-refractivity contribution in [3.05, 3.63) is 132 Å². The van der Waals surface area contributed by atoms with Crippen LogP contribution in [0.1, 0.15) is 67.2 Å². The van der Waals surface area contributed by atoms with Gasteiger partial charge < -0.3 is 14.2 Å². The van der Waals surface area contributed by atoms with Crippen LogP contribution in [0.3, 0.4) is 0 Å². The molecule has 1 aliphatic heterocycles. The van der Waals surface area contributed by atoms with Gasteiger partial charge in [0, 0.05) is 17.3 Å². The van der Waals surface area contributed by atoms with Crippen LogP contribution in [0.5, 0.6) is 5.75 Å². The third kappa shape index (κ3) is 6.81. The summed E-state index contributed by atoms with van der Waals surface area (Å²) in [6.07, 6.45) is 4.25. The van der Waals surface area contributed by atoms with E-state index >= 15 is 0 Å². The number of methoxy groups -OCH3 is 1. The Morgan fingerprint density at radius 1 is 1.00 bits per heavy atom. The van der Waals surface area contributed by atoms with Crippen molar-refractivity contribution in [3.63, 3.8) is 0 Å². The Bertz CT molecular complexity index is 2280. The summed E-state index contributed by atoms with van der Waals surface area (Å²) in [5.74, 6) is -0.239. The summed E-state index contributed by atoms with van der Waals surface area (Å²) in [5, 5.41) is 4.97. The predicted molar refractivity (Wildman–Crippen MR) is 192 cm³/mol. The largest absolute Gasteiger partial charge is 0.493 e. The van der Waals surface area contributed by atoms with Crippen molar-refractivity contribution in [1.29, 1.82) is 0 Å². The summed E-state index contributed by atoms with van der Waals surface area (Å²) in [7, 11) is 1.31. The number of rotatable bonds is 10. The molecule has 10 nitrogen and oxygen atoms in total. The average molecular weight is 691 g/mol. The molecule has 3 aromatic carbocycles. The first-order chi connectivity index (χ1) is 24.1. The second-order valence-electron chi connectivity index (χ2n) is 12.2. The van der Waals surface area contributed by atoms with Crippen LogP contribution in [-0.4, -0.2) is 46.1 Å². The highest BCUT2D eigenvalue weighted by Crippen LogP contribution is 2.32. The van der Waals surface area contributed by atoms with E-state index in [1.807, 2.05) is 67.7 Å². The summed E-state index contributed by atoms with van der Waals surface area (Å²) in [6.45, 7) is 9.97. The van der Waals surface area contributed by atoms with Gasteiger partial charge in [0.2, 0.25) is 0 Å². The van der Waals surface area contributed by atoms with E-state index in [9.17, 15) is 14.4 Å². The number of hydrogen-bond donors (Lipinski definition) is 0. The molecule has 50 heavy (non-hydrogen) atoms. The highest BCUT2D eigenvalue weighted by Gasteiger charge is 2.34. The van der Waals surface area contributed by atoms with Crippen LogP contribution in [-0.2, 0) is 14.3 Å². The van der Waals surface area contributed by atoms with Crippen molar-refractivity contribution >= 4 is 29.4 Å². The maximum atomic E-state index is 14.4. The van der Waals surface area contributed by atoms with E-state index in [4.69, 9.17) is 24.3 Å². The lowest BCUT2D eigenvalue weighted by atomic mass is 9.95. The molecule has 0 amide bonds. The first kappa shape index (κ1) is 34.3. The Kier molecular flexibility index (Phi) is 9.96. The number of fused-ring (bicyclic) bond motifs is 1. The molecular formula is C39H38N4O6S. The van der Waals surface area contributed by atoms with Crippen LogP contribution in [0.2, 0.25) is 0 Å². The molecule has 0 saturated heterocycles. The zero-order chi connectivity index (χ0) is 35.5. The molecule has 1 aliphatic rings. The SMILES string of the molecule is CCCOc1ccc(-c2nn(-c3ccccc3)cc2/C=c2\sc3n(c2=O)[C@@H](c2ccc(C(=O)OC)cc2)C(C(=O)OC(C)C)=C(C)N=3)cc1C. The maximum Gasteiger partial charge on any atom is 0.338 e. The monoisotopic (exact) mass is 690 g/mol. The fraction of sp³-hybridized carbons (Fsp3) is 0.256. The normalized spacial score (nSPS) is 14.4. The van der Waals surface area contributed by atoms with Crippen LogP contribution in [0.4, 0.5) is 0 Å². The lowest BCUT2D eigenvalue weighted by Crippen LogP contribution is -2.40. The maximum absolute atomic E-state index is 14.4. The molecule has 0 bridgehead atoms. The lowest BCUT2D eigenvalue weighted by Gasteiger charge is -2.25. The minimum atomic E-state index is -0.837. The molecule has 0 spiro atoms. The first-order valence-corrected chi connectivity index (χ1v) is 17.2. The number of aryl methyl sites for hydroxylation is 1. The van der Waals surface area contributed by atoms with Crippen molar-refractivity contribution < 1.29 is 23.8 Å². The van der Waals surface area contributed by atoms with Crippen molar-refractivity contribution in [1.82, 2.24) is 14.3 Å². The van der Waals surface area contributed by atoms with Gasteiger partial charge in [-0.25, -0.2) is 19.3 Å². The van der Waals surface area contributed by atoms with Crippen LogP contribution < -0.4 is 19.6 Å². The standard InChI is InChI=1S/C39H38N4O6S/c1-7-19-48-31-18-17-28(20-24(31)4)34-29(22-42(41-34)30-11-9-8-10-12-30)21-32-36(44)43-35(26-13-15-27(16-14-26)37(45)47-6)33(38(46)49-23(2)3)25(5)40-39(43)50-32/h8-18,20-23,35H,7,19H2,1-6H3/b32-21-/t35-/m0/s1. The minimum Gasteiger partial charge on any atom is -0.493 e. The summed E-state index contributed by atoms with van der Waals surface area (Å²) in [5.41, 5.74) is 5.48. The molecule has 2 aromatic heterocycles. The van der Waals surface area contributed by atoms with Crippen LogP contribution in [0.25, 0.3) is 23.0 Å². The summed E-state index contributed by atoms with van der Waals surface area (Å²) < 4.78 is 20.2. The Hall–Kier alpha value is -5.55. The smallest absolute Gasteiger partial charge is 0.338 e. The van der Waals surface area contributed by atoms with Crippen molar-refractivity contribution in [2.45, 2.75) is 53.2 Å². The molecule has 3 heterocycles. The molecule has 0 fully saturated rings. The number of nitrogens with zero attached hydrogens (tertiary/aromatic N) is 4. The highest BCUT2D eigenvalue weighted by atomic mass is 32.1. The van der Waals surface area contributed by atoms with Crippen LogP contribution in [0, 0.1) is 6.92 Å². The van der Waals surface area contributed by atoms with Crippen LogP contribution in [0.15, 0.2) is 100 Å². The van der Waals surface area contributed by atoms with E-state index in [-0.39, 0.29) is 17.2 Å². The lowest BCUT2D eigenvalue weighted by molar-refractivity contribution is -0.143. The van der Waals surface area contributed by atoms with E-state index in [0.29, 0.717) is 38.5 Å². The summed E-state index contributed by atoms with van der Waals surface area (Å²) >= 11 is 1.23. The van der Waals surface area contributed by atoms with Gasteiger partial charge in [-0.05, 0) is 93.8 Å². The molecule has 0 radical (unpaired) electrons. The molecule has 0 N–H and O–H groups in total. The molecule has 256 valence electrons. The average Bonchev–Trinajstić information content (AvgIpc) is 3.67. The van der Waals surface area contributed by atoms with Crippen molar-refractivity contribution in [3.8, 4) is 22.7 Å². The number of allylic oxidation sites excluding steroid dienone is 1. The number of carbonyl (C=O) groups excluding carboxylic acids is 2. The van der Waals surface area contributed by atoms with E-state index in [1.165, 1.54) is 23.0 Å². The molecule has 1 atom stereocenters. The van der Waals surface area contributed by atoms with Crippen LogP contribution >= 0.6 is 11.3 Å². The molecule has 5 aromatic rings. The Morgan fingerprint density at radius 2 is 1.74 bits per heavy atom. The summed E-state index contributed by atoms with van der Waals surface area (Å²) in [6, 6.07) is 21.6. The number of hydrogen-bond acceptors (Lipinski definition) is 9. The first-order valence-electron chi connectivity index (χ1n) is 16.4. The fourth-order valence-corrected chi connectivity index (χ4v) is 6.87. The second kappa shape index (κ2) is 14.5. The fourth-order valence-electron chi connectivity index (χ4n) is 5.84. The van der Waals surface area contributed by atoms with E-state index in [0.717, 1.165) is 34.5 Å². The molecule has 0 saturated carbocycles. The predicted octanol–water partition coefficient (Wildman–Crippen LogP) is 5.92. The number of ether oxygens (including phenoxy) is 3. The van der Waals surface area contributed by atoms with Gasteiger partial charge in [0.15, 0.2) is 4.80 Å². The molecular weight excluding hydrogens is 653 g/mol. The molecule has 0 aliphatic carbocycles. The Balaban J connectivity index is 1.52. The number of carbonyl (C=O) groups is 2. The Labute approximate surface area is 293 Å². The minimum absolute atomic E-state index is 0.252. The number of thiazole rings is 1. The van der Waals surface area contributed by atoms with Gasteiger partial charge in [0.05, 0.1) is 52.9 Å². The number of esters is 2. The topological polar surface area (TPSA) is 114 Å². The molecule has 11 heteroatoms. The Morgan fingerprint density at radius 3 is 2.40 bits per heavy atom. The second-order valence-corrected chi connectivity index (χ2v) is 13.2. The zero-order valence-corrected chi connectivity index (χ0v) is 29.6. The van der Waals surface area contributed by atoms with E-state index in [1.54, 1.807) is 49.7 Å². The number of aromatic nitrogens is 3. The van der Waals surface area contributed by atoms with Gasteiger partial charge in [0.25, 0.3) is 5.56 Å². The zero-order valence-electron chi connectivity index (χ0n) is 28.8. The third-order valence-corrected chi connectivity index (χ3v) is 9.17. The van der Waals surface area contributed by atoms with Gasteiger partial charge in [-0.3, -0.25) is 9.36 Å². The third-order valence-electron chi connectivity index (χ3n) is 8.19. The van der Waals surface area contributed by atoms with Gasteiger partial charge in [-0.15, -0.1) is 0 Å². The summed E-state index contributed by atoms with van der Waals surface area (Å²) in [4.78, 5) is 45.3. The quantitative estimate of drug-likeness (QED) is 0.167. The van der Waals surface area contributed by atoms with Crippen molar-refractivity contribution in [2.75, 3.05) is 13.7 Å². The molecule has 0 unspecified atom stereocenters. The molecule has 6 rings (SSSR count). The highest BCUT2D eigenvalue weighted by molar-refractivity contribution is 7.07. The number of benzene rings is 3. The van der Waals surface area contributed by atoms with Gasteiger partial charge in [0.1, 0.15) is 11.4 Å². The van der Waals surface area contributed by atoms with Gasteiger partial charge in [-0.1, -0.05) is 48.6 Å². The van der Waals surface area contributed by atoms with Gasteiger partial charge in [-0.2, -0.15) is 5.10 Å². The van der Waals surface area contributed by atoms with Crippen molar-refractivity contribution in [2.24, 2.45) is 4.99 Å². The van der Waals surface area contributed by atoms with Gasteiger partial charge >= 0.3 is 11.9 Å². The number of para-hydroxylation sites is 1. The van der Waals surface area contributed by atoms with E-state index in [2.05, 4.69) is 6.92 Å².